The summed E-state index contributed by atoms with van der Waals surface area (Å²) in [5.74, 6) is 0.123. The number of aromatic nitrogens is 2. The third kappa shape index (κ3) is 7.94. The maximum atomic E-state index is 12.7. The first kappa shape index (κ1) is 26.4. The van der Waals surface area contributed by atoms with E-state index >= 15 is 0 Å². The van der Waals surface area contributed by atoms with E-state index in [0.717, 1.165) is 22.4 Å². The second-order valence-electron chi connectivity index (χ2n) is 9.11. The van der Waals surface area contributed by atoms with Crippen LogP contribution in [0.5, 0.6) is 0 Å². The molecule has 2 heterocycles. The van der Waals surface area contributed by atoms with Gasteiger partial charge in [0.05, 0.1) is 5.69 Å². The summed E-state index contributed by atoms with van der Waals surface area (Å²) < 4.78 is 4.58. The van der Waals surface area contributed by atoms with Crippen LogP contribution in [0.1, 0.15) is 43.9 Å². The molecule has 7 nitrogen and oxygen atoms in total. The molecular formula is C26H28Cl2N4O3. The van der Waals surface area contributed by atoms with Crippen LogP contribution in [0.2, 0.25) is 10.0 Å². The summed E-state index contributed by atoms with van der Waals surface area (Å²) in [6, 6.07) is 15.4. The van der Waals surface area contributed by atoms with E-state index in [9.17, 15) is 9.59 Å². The van der Waals surface area contributed by atoms with Crippen LogP contribution in [0, 0.1) is 0 Å². The van der Waals surface area contributed by atoms with Gasteiger partial charge >= 0.3 is 6.09 Å². The van der Waals surface area contributed by atoms with E-state index in [0.29, 0.717) is 36.0 Å². The number of carbonyl (C=O) groups excluding carboxylic acids is 2. The van der Waals surface area contributed by atoms with Gasteiger partial charge in [0, 0.05) is 41.3 Å². The van der Waals surface area contributed by atoms with Gasteiger partial charge in [-0.05, 0) is 74.2 Å². The molecule has 0 atom stereocenters. The molecule has 0 aliphatic carbocycles. The normalized spacial score (nSPS) is 12.4. The van der Waals surface area contributed by atoms with Gasteiger partial charge in [0.1, 0.15) is 5.60 Å². The highest BCUT2D eigenvalue weighted by Gasteiger charge is 2.23. The number of rotatable bonds is 4. The highest BCUT2D eigenvalue weighted by atomic mass is 35.5. The highest BCUT2D eigenvalue weighted by molar-refractivity contribution is 6.35. The molecule has 0 saturated carbocycles. The Morgan fingerprint density at radius 1 is 1.06 bits per heavy atom. The molecule has 0 radical (unpaired) electrons. The first-order chi connectivity index (χ1) is 16.5. The topological polar surface area (TPSA) is 98.4 Å². The van der Waals surface area contributed by atoms with Gasteiger partial charge in [0.25, 0.3) is 0 Å². The van der Waals surface area contributed by atoms with Crippen molar-refractivity contribution in [2.45, 2.75) is 52.3 Å². The Bertz CT molecular complexity index is 1200. The van der Waals surface area contributed by atoms with E-state index in [2.05, 4.69) is 27.1 Å². The number of primary amides is 1. The van der Waals surface area contributed by atoms with E-state index < -0.39 is 11.7 Å². The zero-order chi connectivity index (χ0) is 25.6. The van der Waals surface area contributed by atoms with E-state index in [1.54, 1.807) is 39.1 Å². The number of benzene rings is 2. The molecule has 9 heteroatoms. The lowest BCUT2D eigenvalue weighted by Crippen LogP contribution is -2.27. The van der Waals surface area contributed by atoms with Gasteiger partial charge in [-0.25, -0.2) is 4.79 Å². The zero-order valence-corrected chi connectivity index (χ0v) is 21.4. The van der Waals surface area contributed by atoms with Gasteiger partial charge in [0.15, 0.2) is 0 Å². The second-order valence-corrected chi connectivity index (χ2v) is 9.96. The molecule has 0 unspecified atom stereocenters. The second kappa shape index (κ2) is 11.5. The number of hydrogen-bond donors (Lipinski definition) is 1. The van der Waals surface area contributed by atoms with E-state index in [4.69, 9.17) is 28.9 Å². The number of nitrogens with zero attached hydrogens (tertiary/aromatic N) is 3. The van der Waals surface area contributed by atoms with Gasteiger partial charge in [-0.15, -0.1) is 0 Å². The van der Waals surface area contributed by atoms with Crippen LogP contribution >= 0.6 is 23.2 Å². The largest absolute Gasteiger partial charge is 0.444 e. The monoisotopic (exact) mass is 514 g/mol. The van der Waals surface area contributed by atoms with Crippen LogP contribution in [0.25, 0.3) is 11.3 Å². The fraction of sp³-hybridized carbons (Fsp3) is 0.308. The summed E-state index contributed by atoms with van der Waals surface area (Å²) in [6.07, 6.45) is 1.96. The number of halogens is 2. The Balaban J connectivity index is 0.000000371. The van der Waals surface area contributed by atoms with E-state index in [1.165, 1.54) is 5.56 Å². The molecule has 2 N–H and O–H groups in total. The minimum Gasteiger partial charge on any atom is -0.444 e. The molecule has 3 aromatic rings. The molecule has 35 heavy (non-hydrogen) atoms. The predicted octanol–water partition coefficient (Wildman–Crippen LogP) is 5.81. The molecule has 4 rings (SSSR count). The third-order valence-corrected chi connectivity index (χ3v) is 5.77. The minimum absolute atomic E-state index is 0.123. The van der Waals surface area contributed by atoms with Gasteiger partial charge in [-0.2, -0.15) is 10.2 Å². The van der Waals surface area contributed by atoms with Crippen molar-refractivity contribution in [2.75, 3.05) is 0 Å². The Labute approximate surface area is 215 Å². The summed E-state index contributed by atoms with van der Waals surface area (Å²) in [7, 11) is 0. The number of ether oxygens (including phenoxy) is 1. The van der Waals surface area contributed by atoms with Gasteiger partial charge < -0.3 is 15.4 Å². The van der Waals surface area contributed by atoms with Crippen LogP contribution in [0.15, 0.2) is 54.7 Å². The maximum Gasteiger partial charge on any atom is 0.405 e. The fourth-order valence-electron chi connectivity index (χ4n) is 3.61. The average Bonchev–Trinajstić information content (AvgIpc) is 3.21. The summed E-state index contributed by atoms with van der Waals surface area (Å²) >= 11 is 12.1. The number of fused-ring (bicyclic) bond motifs is 1. The first-order valence-electron chi connectivity index (χ1n) is 11.1. The molecule has 184 valence electrons. The standard InChI is InChI=1S/C21H17Cl2N3O.C5H11NO2/c22-18-7-5-14(19(23)11-18)6-8-21(27)26-12-16-4-3-15(10-17(16)13-26)20-2-1-9-24-25-20;1-5(2,3)8-4(6)7/h1-5,7,9-11H,6,8,12-13H2;1-3H3,(H2,6,7). The molecule has 0 saturated heterocycles. The molecule has 0 bridgehead atoms. The van der Waals surface area contributed by atoms with Crippen LogP contribution in [-0.4, -0.2) is 32.7 Å². The smallest absolute Gasteiger partial charge is 0.405 e. The number of nitrogens with two attached hydrogens (primary N) is 1. The Hall–Kier alpha value is -3.16. The third-order valence-electron chi connectivity index (χ3n) is 5.18. The number of carbonyl (C=O) groups is 2. The highest BCUT2D eigenvalue weighted by Crippen LogP contribution is 2.28. The zero-order valence-electron chi connectivity index (χ0n) is 19.9. The van der Waals surface area contributed by atoms with Crippen molar-refractivity contribution in [3.8, 4) is 11.3 Å². The molecule has 0 fully saturated rings. The van der Waals surface area contributed by atoms with Crippen molar-refractivity contribution < 1.29 is 14.3 Å². The molecule has 1 aromatic heterocycles. The van der Waals surface area contributed by atoms with Crippen LogP contribution in [-0.2, 0) is 29.0 Å². The summed E-state index contributed by atoms with van der Waals surface area (Å²) in [5, 5.41) is 9.29. The van der Waals surface area contributed by atoms with E-state index in [-0.39, 0.29) is 5.91 Å². The number of aryl methyl sites for hydroxylation is 1. The Morgan fingerprint density at radius 2 is 1.80 bits per heavy atom. The van der Waals surface area contributed by atoms with Crippen molar-refractivity contribution in [3.63, 3.8) is 0 Å². The van der Waals surface area contributed by atoms with Crippen molar-refractivity contribution in [1.29, 1.82) is 0 Å². The molecule has 2 amide bonds. The van der Waals surface area contributed by atoms with E-state index in [1.807, 2.05) is 29.2 Å². The lowest BCUT2D eigenvalue weighted by molar-refractivity contribution is -0.131. The van der Waals surface area contributed by atoms with Crippen LogP contribution in [0.4, 0.5) is 4.79 Å². The molecule has 2 aromatic carbocycles. The molecule has 0 spiro atoms. The first-order valence-corrected chi connectivity index (χ1v) is 11.9. The van der Waals surface area contributed by atoms with Crippen molar-refractivity contribution in [3.05, 3.63) is 81.5 Å². The maximum absolute atomic E-state index is 12.7. The molecule has 1 aliphatic rings. The van der Waals surface area contributed by atoms with Crippen molar-refractivity contribution in [2.24, 2.45) is 5.73 Å². The van der Waals surface area contributed by atoms with Gasteiger partial charge in [-0.1, -0.05) is 41.4 Å². The number of hydrogen-bond acceptors (Lipinski definition) is 5. The molecular weight excluding hydrogens is 487 g/mol. The lowest BCUT2D eigenvalue weighted by atomic mass is 10.0. The molecule has 1 aliphatic heterocycles. The van der Waals surface area contributed by atoms with Crippen molar-refractivity contribution in [1.82, 2.24) is 15.1 Å². The van der Waals surface area contributed by atoms with Crippen LogP contribution < -0.4 is 5.73 Å². The van der Waals surface area contributed by atoms with Crippen LogP contribution in [0.3, 0.4) is 0 Å². The summed E-state index contributed by atoms with van der Waals surface area (Å²) in [4.78, 5) is 24.6. The van der Waals surface area contributed by atoms with Gasteiger partial charge in [0.2, 0.25) is 5.91 Å². The predicted molar refractivity (Wildman–Crippen MR) is 137 cm³/mol. The average molecular weight is 515 g/mol. The summed E-state index contributed by atoms with van der Waals surface area (Å²) in [5.41, 5.74) is 9.40. The lowest BCUT2D eigenvalue weighted by Gasteiger charge is -2.16. The van der Waals surface area contributed by atoms with Crippen molar-refractivity contribution >= 4 is 35.2 Å². The quantitative estimate of drug-likeness (QED) is 0.473. The Kier molecular flexibility index (Phi) is 8.70. The van der Waals surface area contributed by atoms with Gasteiger partial charge in [-0.3, -0.25) is 4.79 Å². The SMILES string of the molecule is CC(C)(C)OC(N)=O.O=C(CCc1ccc(Cl)cc1Cl)N1Cc2ccc(-c3cccnn3)cc2C1. The minimum atomic E-state index is -0.725. The Morgan fingerprint density at radius 3 is 2.40 bits per heavy atom. The fourth-order valence-corrected chi connectivity index (χ4v) is 4.11. The summed E-state index contributed by atoms with van der Waals surface area (Å²) in [6.45, 7) is 6.55. The number of amides is 2.